The van der Waals surface area contributed by atoms with Crippen molar-refractivity contribution < 1.29 is 9.59 Å². The molecule has 0 aliphatic rings. The first-order valence-corrected chi connectivity index (χ1v) is 8.59. The van der Waals surface area contributed by atoms with Crippen molar-refractivity contribution in [2.24, 2.45) is 17.4 Å². The Labute approximate surface area is 157 Å². The predicted octanol–water partition coefficient (Wildman–Crippen LogP) is 3.08. The van der Waals surface area contributed by atoms with E-state index in [1.807, 2.05) is 63.1 Å². The Morgan fingerprint density at radius 2 is 1.58 bits per heavy atom. The second-order valence-corrected chi connectivity index (χ2v) is 5.72. The lowest BCUT2D eigenvalue weighted by atomic mass is 9.98. The number of rotatable bonds is 5. The van der Waals surface area contributed by atoms with Crippen molar-refractivity contribution in [2.45, 2.75) is 26.3 Å². The highest BCUT2D eigenvalue weighted by Gasteiger charge is 2.23. The van der Waals surface area contributed by atoms with Crippen LogP contribution < -0.4 is 16.4 Å². The molecule has 1 unspecified atom stereocenters. The zero-order chi connectivity index (χ0) is 20.1. The lowest BCUT2D eigenvalue weighted by Gasteiger charge is -2.25. The van der Waals surface area contributed by atoms with Gasteiger partial charge in [0.05, 0.1) is 6.04 Å². The molecule has 0 heterocycles. The monoisotopic (exact) mass is 357 g/mol. The Morgan fingerprint density at radius 1 is 1.04 bits per heavy atom. The Hall–Kier alpha value is -2.50. The number of carbonyl (C=O) groups excluding carboxylic acids is 2. The number of nitrogens with two attached hydrogens (primary N) is 2. The van der Waals surface area contributed by atoms with Gasteiger partial charge < -0.3 is 21.2 Å². The van der Waals surface area contributed by atoms with Gasteiger partial charge >= 0.3 is 0 Å². The molecule has 0 radical (unpaired) electrons. The van der Waals surface area contributed by atoms with Crippen LogP contribution in [0.3, 0.4) is 0 Å². The van der Waals surface area contributed by atoms with Crippen LogP contribution in [0, 0.1) is 5.92 Å². The van der Waals surface area contributed by atoms with Crippen LogP contribution in [0.5, 0.6) is 0 Å². The number of nitrogens with zero attached hydrogens (tertiary/aromatic N) is 1. The molecular formula is C21H31N3O2. The van der Waals surface area contributed by atoms with E-state index in [1.54, 1.807) is 11.9 Å². The van der Waals surface area contributed by atoms with E-state index >= 15 is 0 Å². The number of likely N-dealkylation sites (N-methyl/N-ethyl adjacent to an activating group) is 1. The molecule has 0 bridgehead atoms. The lowest BCUT2D eigenvalue weighted by Crippen LogP contribution is -2.45. The van der Waals surface area contributed by atoms with Crippen LogP contribution in [0.2, 0.25) is 0 Å². The third kappa shape index (κ3) is 6.43. The number of benzene rings is 2. The number of carbonyl (C=O) groups is 2. The summed E-state index contributed by atoms with van der Waals surface area (Å²) in [6.07, 6.45) is 0.894. The highest BCUT2D eigenvalue weighted by molar-refractivity contribution is 5.97. The molecule has 0 aromatic heterocycles. The van der Waals surface area contributed by atoms with E-state index in [4.69, 9.17) is 10.5 Å². The van der Waals surface area contributed by atoms with Gasteiger partial charge in [0.15, 0.2) is 0 Å². The maximum absolute atomic E-state index is 12.5. The van der Waals surface area contributed by atoms with Crippen molar-refractivity contribution >= 4 is 18.4 Å². The molecule has 142 valence electrons. The van der Waals surface area contributed by atoms with E-state index in [-0.39, 0.29) is 11.8 Å². The molecule has 2 atom stereocenters. The minimum Gasteiger partial charge on any atom is -0.333 e. The topological polar surface area (TPSA) is 89.4 Å². The molecule has 2 aromatic carbocycles. The smallest absolute Gasteiger partial charge is 0.243 e. The SMILES string of the molecule is C=O.CC[C@H](C)C(N)C(=O)N(C)c1cccc(-c2ccccc2)c1.CN. The van der Waals surface area contributed by atoms with Crippen molar-refractivity contribution in [1.29, 1.82) is 0 Å². The van der Waals surface area contributed by atoms with E-state index in [1.165, 1.54) is 7.05 Å². The Bertz CT molecular complexity index is 647. The highest BCUT2D eigenvalue weighted by atomic mass is 16.2. The summed E-state index contributed by atoms with van der Waals surface area (Å²) in [7, 11) is 3.29. The van der Waals surface area contributed by atoms with Gasteiger partial charge in [-0.1, -0.05) is 62.7 Å². The minimum absolute atomic E-state index is 0.0421. The van der Waals surface area contributed by atoms with Crippen molar-refractivity contribution in [3.8, 4) is 11.1 Å². The first-order valence-electron chi connectivity index (χ1n) is 8.59. The fourth-order valence-corrected chi connectivity index (χ4v) is 2.37. The van der Waals surface area contributed by atoms with E-state index in [9.17, 15) is 4.79 Å². The zero-order valence-corrected chi connectivity index (χ0v) is 16.2. The molecule has 2 aromatic rings. The Kier molecular flexibility index (Phi) is 11.6. The second-order valence-electron chi connectivity index (χ2n) is 5.72. The molecule has 0 aliphatic heterocycles. The van der Waals surface area contributed by atoms with Crippen LogP contribution in [0.4, 0.5) is 5.69 Å². The molecule has 2 rings (SSSR count). The molecule has 0 aliphatic carbocycles. The van der Waals surface area contributed by atoms with Gasteiger partial charge in [-0.3, -0.25) is 4.79 Å². The molecule has 0 spiro atoms. The Balaban J connectivity index is 0.00000146. The summed E-state index contributed by atoms with van der Waals surface area (Å²) in [5, 5.41) is 0. The molecule has 1 amide bonds. The van der Waals surface area contributed by atoms with Crippen LogP contribution in [0.25, 0.3) is 11.1 Å². The van der Waals surface area contributed by atoms with Gasteiger partial charge in [-0.05, 0) is 36.2 Å². The second kappa shape index (κ2) is 12.8. The van der Waals surface area contributed by atoms with Crippen LogP contribution in [-0.2, 0) is 9.59 Å². The third-order valence-electron chi connectivity index (χ3n) is 4.21. The lowest BCUT2D eigenvalue weighted by molar-refractivity contribution is -0.120. The van der Waals surface area contributed by atoms with Gasteiger partial charge in [-0.15, -0.1) is 0 Å². The van der Waals surface area contributed by atoms with E-state index in [2.05, 4.69) is 17.9 Å². The van der Waals surface area contributed by atoms with Crippen molar-refractivity contribution in [3.63, 3.8) is 0 Å². The standard InChI is InChI=1S/C19H24N2O.CH5N.CH2O/c1-4-14(2)18(20)19(22)21(3)17-12-8-11-16(13-17)15-9-6-5-7-10-15;2*1-2/h5-14,18H,4,20H2,1-3H3;2H2,1H3;1H2/t14-,18?;;/m0../s1. The van der Waals surface area contributed by atoms with Crippen LogP contribution in [-0.4, -0.2) is 32.8 Å². The third-order valence-corrected chi connectivity index (χ3v) is 4.21. The molecule has 0 fully saturated rings. The van der Waals surface area contributed by atoms with Gasteiger partial charge in [-0.2, -0.15) is 0 Å². The molecule has 4 N–H and O–H groups in total. The van der Waals surface area contributed by atoms with Gasteiger partial charge in [0, 0.05) is 12.7 Å². The van der Waals surface area contributed by atoms with Crippen molar-refractivity contribution in [3.05, 3.63) is 54.6 Å². The summed E-state index contributed by atoms with van der Waals surface area (Å²) in [4.78, 5) is 22.1. The summed E-state index contributed by atoms with van der Waals surface area (Å²) >= 11 is 0. The average molecular weight is 357 g/mol. The van der Waals surface area contributed by atoms with Gasteiger partial charge in [0.2, 0.25) is 5.91 Å². The maximum Gasteiger partial charge on any atom is 0.243 e. The number of amides is 1. The average Bonchev–Trinajstić information content (AvgIpc) is 2.75. The predicted molar refractivity (Wildman–Crippen MR) is 110 cm³/mol. The first kappa shape index (κ1) is 23.5. The quantitative estimate of drug-likeness (QED) is 0.860. The highest BCUT2D eigenvalue weighted by Crippen LogP contribution is 2.24. The van der Waals surface area contributed by atoms with Gasteiger partial charge in [0.25, 0.3) is 0 Å². The van der Waals surface area contributed by atoms with E-state index in [0.717, 1.165) is 23.2 Å². The minimum atomic E-state index is -0.463. The summed E-state index contributed by atoms with van der Waals surface area (Å²) < 4.78 is 0. The molecule has 5 nitrogen and oxygen atoms in total. The molecule has 26 heavy (non-hydrogen) atoms. The fraction of sp³-hybridized carbons (Fsp3) is 0.333. The van der Waals surface area contributed by atoms with E-state index in [0.29, 0.717) is 0 Å². The van der Waals surface area contributed by atoms with E-state index < -0.39 is 6.04 Å². The largest absolute Gasteiger partial charge is 0.333 e. The van der Waals surface area contributed by atoms with Gasteiger partial charge in [0.1, 0.15) is 6.79 Å². The maximum atomic E-state index is 12.5. The Morgan fingerprint density at radius 3 is 2.12 bits per heavy atom. The number of anilines is 1. The summed E-state index contributed by atoms with van der Waals surface area (Å²) in [5.74, 6) is 0.131. The van der Waals surface area contributed by atoms with Crippen LogP contribution in [0.15, 0.2) is 54.6 Å². The summed E-state index contributed by atoms with van der Waals surface area (Å²) in [5.41, 5.74) is 13.7. The van der Waals surface area contributed by atoms with Crippen LogP contribution >= 0.6 is 0 Å². The summed E-state index contributed by atoms with van der Waals surface area (Å²) in [6, 6.07) is 17.7. The van der Waals surface area contributed by atoms with Crippen LogP contribution in [0.1, 0.15) is 20.3 Å². The zero-order valence-electron chi connectivity index (χ0n) is 16.2. The normalized spacial score (nSPS) is 11.8. The fourth-order valence-electron chi connectivity index (χ4n) is 2.37. The number of hydrogen-bond donors (Lipinski definition) is 2. The summed E-state index contributed by atoms with van der Waals surface area (Å²) in [6.45, 7) is 6.06. The first-order chi connectivity index (χ1) is 12.5. The number of hydrogen-bond acceptors (Lipinski definition) is 4. The molecule has 5 heteroatoms. The van der Waals surface area contributed by atoms with Crippen molar-refractivity contribution in [2.75, 3.05) is 19.0 Å². The van der Waals surface area contributed by atoms with Gasteiger partial charge in [-0.25, -0.2) is 0 Å². The molecular weight excluding hydrogens is 326 g/mol. The molecule has 0 saturated carbocycles. The van der Waals surface area contributed by atoms with Crippen molar-refractivity contribution in [1.82, 2.24) is 0 Å². The molecule has 0 saturated heterocycles.